The zero-order valence-corrected chi connectivity index (χ0v) is 15.5. The zero-order valence-electron chi connectivity index (χ0n) is 14.7. The van der Waals surface area contributed by atoms with E-state index in [2.05, 4.69) is 16.3 Å². The fourth-order valence-corrected chi connectivity index (χ4v) is 4.50. The molecule has 1 aromatic carbocycles. The van der Waals surface area contributed by atoms with E-state index in [9.17, 15) is 9.18 Å². The Hall–Kier alpha value is -2.21. The fourth-order valence-electron chi connectivity index (χ4n) is 4.17. The molecule has 136 valence electrons. The molecule has 3 atom stereocenters. The van der Waals surface area contributed by atoms with Crippen LogP contribution < -0.4 is 10.9 Å². The van der Waals surface area contributed by atoms with E-state index >= 15 is 0 Å². The number of piperidine rings is 1. The molecule has 26 heavy (non-hydrogen) atoms. The summed E-state index contributed by atoms with van der Waals surface area (Å²) in [5.41, 5.74) is 2.21. The highest BCUT2D eigenvalue weighted by atomic mass is 32.1. The summed E-state index contributed by atoms with van der Waals surface area (Å²) in [7, 11) is 0. The molecule has 0 aliphatic carbocycles. The molecule has 2 aromatic rings. The molecule has 2 bridgehead atoms. The van der Waals surface area contributed by atoms with Crippen molar-refractivity contribution in [1.29, 1.82) is 0 Å². The molecule has 1 aromatic heterocycles. The highest BCUT2D eigenvalue weighted by Crippen LogP contribution is 2.35. The molecule has 0 spiro atoms. The summed E-state index contributed by atoms with van der Waals surface area (Å²) in [5.74, 6) is 0.529. The average Bonchev–Trinajstić information content (AvgIpc) is 2.63. The smallest absolute Gasteiger partial charge is 0.250 e. The van der Waals surface area contributed by atoms with Gasteiger partial charge in [-0.1, -0.05) is 18.2 Å². The van der Waals surface area contributed by atoms with Crippen LogP contribution in [0.25, 0.3) is 0 Å². The minimum atomic E-state index is -0.235. The molecule has 0 saturated carbocycles. The van der Waals surface area contributed by atoms with Crippen LogP contribution in [-0.2, 0) is 6.54 Å². The van der Waals surface area contributed by atoms with Gasteiger partial charge in [-0.25, -0.2) is 4.39 Å². The van der Waals surface area contributed by atoms with E-state index in [1.165, 1.54) is 12.1 Å². The third-order valence-electron chi connectivity index (χ3n) is 5.48. The van der Waals surface area contributed by atoms with Gasteiger partial charge in [0.15, 0.2) is 5.11 Å². The number of halogens is 1. The SMILES string of the molecule is CC(NC(=S)N1CC2C[C@@H](C1)Cn1c2cccc1=O)c1ccc(F)cc1. The van der Waals surface area contributed by atoms with E-state index in [0.29, 0.717) is 11.8 Å². The van der Waals surface area contributed by atoms with Crippen molar-refractivity contribution >= 4 is 17.3 Å². The Morgan fingerprint density at radius 1 is 1.19 bits per heavy atom. The number of thiocarbonyl (C=S) groups is 1. The maximum atomic E-state index is 13.1. The maximum Gasteiger partial charge on any atom is 0.250 e. The Balaban J connectivity index is 1.47. The minimum Gasteiger partial charge on any atom is -0.356 e. The molecule has 1 saturated heterocycles. The van der Waals surface area contributed by atoms with Gasteiger partial charge in [0, 0.05) is 37.3 Å². The standard InChI is InChI=1S/C20H22FN3OS/c1-13(15-5-7-17(21)8-6-15)22-20(26)23-10-14-9-16(12-23)18-3-2-4-19(25)24(18)11-14/h2-8,13-14,16H,9-12H2,1H3,(H,22,26)/t13?,14-,16?/m0/s1. The second kappa shape index (κ2) is 6.83. The molecule has 6 heteroatoms. The molecule has 0 amide bonds. The van der Waals surface area contributed by atoms with Crippen molar-refractivity contribution in [2.24, 2.45) is 5.92 Å². The van der Waals surface area contributed by atoms with Gasteiger partial charge in [-0.15, -0.1) is 0 Å². The first kappa shape index (κ1) is 17.2. The van der Waals surface area contributed by atoms with E-state index in [4.69, 9.17) is 12.2 Å². The van der Waals surface area contributed by atoms with Crippen molar-refractivity contribution in [2.75, 3.05) is 13.1 Å². The summed E-state index contributed by atoms with van der Waals surface area (Å²) < 4.78 is 15.0. The van der Waals surface area contributed by atoms with Crippen LogP contribution in [0.15, 0.2) is 47.3 Å². The van der Waals surface area contributed by atoms with Crippen molar-refractivity contribution in [3.05, 3.63) is 69.9 Å². The average molecular weight is 371 g/mol. The summed E-state index contributed by atoms with van der Waals surface area (Å²) in [6, 6.07) is 12.1. The number of pyridine rings is 1. The number of nitrogens with zero attached hydrogens (tertiary/aromatic N) is 2. The van der Waals surface area contributed by atoms with E-state index in [-0.39, 0.29) is 17.4 Å². The Labute approximate surface area is 157 Å². The van der Waals surface area contributed by atoms with Gasteiger partial charge in [-0.2, -0.15) is 0 Å². The van der Waals surface area contributed by atoms with Gasteiger partial charge in [0.2, 0.25) is 0 Å². The largest absolute Gasteiger partial charge is 0.356 e. The van der Waals surface area contributed by atoms with Crippen molar-refractivity contribution in [2.45, 2.75) is 31.8 Å². The van der Waals surface area contributed by atoms with Crippen LogP contribution in [-0.4, -0.2) is 27.7 Å². The van der Waals surface area contributed by atoms with Gasteiger partial charge in [-0.3, -0.25) is 4.79 Å². The van der Waals surface area contributed by atoms with Crippen LogP contribution in [0.1, 0.15) is 36.6 Å². The Bertz CT molecular complexity index is 879. The topological polar surface area (TPSA) is 37.3 Å². The monoisotopic (exact) mass is 371 g/mol. The highest BCUT2D eigenvalue weighted by Gasteiger charge is 2.35. The van der Waals surface area contributed by atoms with Crippen molar-refractivity contribution in [3.63, 3.8) is 0 Å². The number of hydrogen-bond donors (Lipinski definition) is 1. The second-order valence-corrected chi connectivity index (χ2v) is 7.71. The van der Waals surface area contributed by atoms with Gasteiger partial charge < -0.3 is 14.8 Å². The molecule has 3 heterocycles. The van der Waals surface area contributed by atoms with E-state index in [1.54, 1.807) is 18.2 Å². The third-order valence-corrected chi connectivity index (χ3v) is 5.85. The number of rotatable bonds is 2. The summed E-state index contributed by atoms with van der Waals surface area (Å²) >= 11 is 5.65. The van der Waals surface area contributed by atoms with Crippen molar-refractivity contribution in [1.82, 2.24) is 14.8 Å². The molecule has 0 radical (unpaired) electrons. The lowest BCUT2D eigenvalue weighted by molar-refractivity contribution is 0.176. The lowest BCUT2D eigenvalue weighted by Crippen LogP contribution is -2.52. The highest BCUT2D eigenvalue weighted by molar-refractivity contribution is 7.80. The second-order valence-electron chi connectivity index (χ2n) is 7.33. The lowest BCUT2D eigenvalue weighted by atomic mass is 9.83. The summed E-state index contributed by atoms with van der Waals surface area (Å²) in [6.45, 7) is 4.47. The molecule has 4 nitrogen and oxygen atoms in total. The lowest BCUT2D eigenvalue weighted by Gasteiger charge is -2.44. The molecule has 2 aliphatic heterocycles. The Morgan fingerprint density at radius 2 is 1.96 bits per heavy atom. The Morgan fingerprint density at radius 3 is 2.73 bits per heavy atom. The molecule has 2 unspecified atom stereocenters. The first-order valence-corrected chi connectivity index (χ1v) is 9.42. The number of benzene rings is 1. The maximum absolute atomic E-state index is 13.1. The van der Waals surface area contributed by atoms with Crippen LogP contribution in [0.2, 0.25) is 0 Å². The zero-order chi connectivity index (χ0) is 18.3. The minimum absolute atomic E-state index is 0.0137. The van der Waals surface area contributed by atoms with Crippen LogP contribution in [0.3, 0.4) is 0 Å². The quantitative estimate of drug-likeness (QED) is 0.824. The van der Waals surface area contributed by atoms with Gasteiger partial charge in [0.25, 0.3) is 5.56 Å². The molecular weight excluding hydrogens is 349 g/mol. The van der Waals surface area contributed by atoms with Crippen LogP contribution in [0.4, 0.5) is 4.39 Å². The third kappa shape index (κ3) is 3.26. The number of hydrogen-bond acceptors (Lipinski definition) is 2. The number of fused-ring (bicyclic) bond motifs is 4. The molecule has 1 N–H and O–H groups in total. The van der Waals surface area contributed by atoms with Gasteiger partial charge in [-0.05, 0) is 55.2 Å². The van der Waals surface area contributed by atoms with E-state index in [1.807, 2.05) is 17.6 Å². The van der Waals surface area contributed by atoms with Gasteiger partial charge >= 0.3 is 0 Å². The predicted octanol–water partition coefficient (Wildman–Crippen LogP) is 3.04. The molecule has 4 rings (SSSR count). The number of aromatic nitrogens is 1. The molecule has 2 aliphatic rings. The van der Waals surface area contributed by atoms with Gasteiger partial charge in [0.1, 0.15) is 5.82 Å². The summed E-state index contributed by atoms with van der Waals surface area (Å²) in [6.07, 6.45) is 1.11. The van der Waals surface area contributed by atoms with Crippen LogP contribution in [0.5, 0.6) is 0 Å². The van der Waals surface area contributed by atoms with Crippen LogP contribution >= 0.6 is 12.2 Å². The first-order valence-electron chi connectivity index (χ1n) is 9.02. The van der Waals surface area contributed by atoms with Crippen molar-refractivity contribution < 1.29 is 4.39 Å². The van der Waals surface area contributed by atoms with E-state index in [0.717, 1.165) is 42.4 Å². The first-order chi connectivity index (χ1) is 12.5. The summed E-state index contributed by atoms with van der Waals surface area (Å²) in [5, 5.41) is 4.10. The van der Waals surface area contributed by atoms with Gasteiger partial charge in [0.05, 0.1) is 6.04 Å². The van der Waals surface area contributed by atoms with Crippen molar-refractivity contribution in [3.8, 4) is 0 Å². The molecule has 1 fully saturated rings. The Kier molecular flexibility index (Phi) is 4.53. The normalized spacial score (nSPS) is 22.5. The number of likely N-dealkylation sites (tertiary alicyclic amines) is 1. The fraction of sp³-hybridized carbons (Fsp3) is 0.400. The summed E-state index contributed by atoms with van der Waals surface area (Å²) in [4.78, 5) is 14.3. The predicted molar refractivity (Wildman–Crippen MR) is 104 cm³/mol. The number of nitrogens with one attached hydrogen (secondary N) is 1. The van der Waals surface area contributed by atoms with Crippen LogP contribution in [0, 0.1) is 11.7 Å². The molecular formula is C20H22FN3OS. The van der Waals surface area contributed by atoms with E-state index < -0.39 is 0 Å².